The van der Waals surface area contributed by atoms with Gasteiger partial charge in [-0.2, -0.15) is 0 Å². The number of nitrogens with zero attached hydrogens (tertiary/aromatic N) is 3. The summed E-state index contributed by atoms with van der Waals surface area (Å²) in [5.74, 6) is -1.87. The second-order valence-electron chi connectivity index (χ2n) is 10.0. The minimum atomic E-state index is -4.34. The highest BCUT2D eigenvalue weighted by molar-refractivity contribution is 7.90. The lowest BCUT2D eigenvalue weighted by atomic mass is 9.87. The Bertz CT molecular complexity index is 1480. The van der Waals surface area contributed by atoms with Gasteiger partial charge in [0.1, 0.15) is 22.5 Å². The Morgan fingerprint density at radius 1 is 1.32 bits per heavy atom. The summed E-state index contributed by atoms with van der Waals surface area (Å²) in [5.41, 5.74) is -1.75. The van der Waals surface area contributed by atoms with Crippen LogP contribution >= 0.6 is 0 Å². The number of ether oxygens (including phenoxy) is 1. The quantitative estimate of drug-likeness (QED) is 0.375. The van der Waals surface area contributed by atoms with Crippen LogP contribution in [-0.2, 0) is 25.6 Å². The number of guanidine groups is 1. The maximum absolute atomic E-state index is 15.4. The Kier molecular flexibility index (Phi) is 9.11. The smallest absolute Gasteiger partial charge is 0.274 e. The molecule has 40 heavy (non-hydrogen) atoms. The molecule has 0 unspecified atom stereocenters. The van der Waals surface area contributed by atoms with E-state index in [1.807, 2.05) is 0 Å². The number of carbonyl (C=O) groups is 1. The number of nitrogens with one attached hydrogen (secondary N) is 3. The van der Waals surface area contributed by atoms with Crippen molar-refractivity contribution in [3.05, 3.63) is 53.6 Å². The van der Waals surface area contributed by atoms with Gasteiger partial charge in [-0.05, 0) is 43.2 Å². The topological polar surface area (TPSA) is 162 Å². The van der Waals surface area contributed by atoms with E-state index in [9.17, 15) is 21.6 Å². The van der Waals surface area contributed by atoms with E-state index in [-0.39, 0.29) is 35.2 Å². The highest BCUT2D eigenvalue weighted by Crippen LogP contribution is 2.38. The molecule has 0 radical (unpaired) electrons. The van der Waals surface area contributed by atoms with Gasteiger partial charge in [0, 0.05) is 31.4 Å². The third-order valence-electron chi connectivity index (χ3n) is 6.73. The molecule has 3 rings (SSSR count). The van der Waals surface area contributed by atoms with E-state index in [0.29, 0.717) is 10.1 Å². The van der Waals surface area contributed by atoms with Crippen LogP contribution in [0.2, 0.25) is 0 Å². The molecule has 12 nitrogen and oxygen atoms in total. The molecule has 1 fully saturated rings. The fourth-order valence-corrected chi connectivity index (χ4v) is 8.27. The molecule has 0 bridgehead atoms. The van der Waals surface area contributed by atoms with Crippen molar-refractivity contribution in [3.63, 3.8) is 0 Å². The molecule has 1 aliphatic rings. The van der Waals surface area contributed by atoms with Crippen LogP contribution in [0.25, 0.3) is 0 Å². The second-order valence-corrected chi connectivity index (χ2v) is 14.2. The van der Waals surface area contributed by atoms with E-state index in [2.05, 4.69) is 15.6 Å². The largest absolute Gasteiger partial charge is 0.495 e. The number of pyridine rings is 1. The molecule has 1 aromatic carbocycles. The first kappa shape index (κ1) is 31.2. The molecule has 1 amide bonds. The molecule has 3 N–H and O–H groups in total. The Labute approximate surface area is 234 Å². The van der Waals surface area contributed by atoms with Crippen molar-refractivity contribution in [1.29, 1.82) is 5.41 Å². The van der Waals surface area contributed by atoms with E-state index in [0.717, 1.165) is 10.4 Å². The Hall–Kier alpha value is -3.30. The van der Waals surface area contributed by atoms with Crippen LogP contribution in [0.5, 0.6) is 5.75 Å². The van der Waals surface area contributed by atoms with Crippen LogP contribution in [0.3, 0.4) is 0 Å². The van der Waals surface area contributed by atoms with Crippen molar-refractivity contribution >= 4 is 37.6 Å². The standard InChI is InChI=1S/C25H35FN6O6S2/c1-7-32(39(34,35)15-16(2)3)14-22-25(4,30-24(27)31(5)40(22,36)37)19-12-17(8-10-20(19)26)29-23(33)21-11-9-18(38-6)13-28-21/h8-13,16,22H,7,14-15H2,1-6H3,(H2,27,30)(H,29,33)/t22-,25+/m1/s1. The number of carbonyl (C=O) groups excluding carboxylic acids is 1. The van der Waals surface area contributed by atoms with Crippen LogP contribution in [0.1, 0.15) is 43.7 Å². The number of hydrogen-bond acceptors (Lipinski definition) is 8. The zero-order chi connectivity index (χ0) is 30.0. The molecule has 0 spiro atoms. The van der Waals surface area contributed by atoms with Crippen molar-refractivity contribution < 1.29 is 30.8 Å². The molecule has 0 aliphatic carbocycles. The summed E-state index contributed by atoms with van der Waals surface area (Å²) in [4.78, 5) is 16.8. The molecule has 0 saturated carbocycles. The number of anilines is 1. The average molecular weight is 599 g/mol. The number of benzene rings is 1. The van der Waals surface area contributed by atoms with Gasteiger partial charge in [0.2, 0.25) is 26.0 Å². The minimum Gasteiger partial charge on any atom is -0.495 e. The fraction of sp³-hybridized carbons (Fsp3) is 0.480. The first-order valence-electron chi connectivity index (χ1n) is 12.5. The van der Waals surface area contributed by atoms with E-state index < -0.39 is 55.1 Å². The SMILES string of the molecule is CCN(C[C@@H]1[C@](C)(c2cc(NC(=O)c3ccc(OC)cn3)ccc2F)NC(=N)N(C)S1(=O)=O)S(=O)(=O)CC(C)C. The zero-order valence-electron chi connectivity index (χ0n) is 23.2. The highest BCUT2D eigenvalue weighted by Gasteiger charge is 2.53. The van der Waals surface area contributed by atoms with Gasteiger partial charge in [0.05, 0.1) is 24.6 Å². The van der Waals surface area contributed by atoms with Gasteiger partial charge < -0.3 is 15.4 Å². The van der Waals surface area contributed by atoms with Crippen molar-refractivity contribution in [3.8, 4) is 5.75 Å². The monoisotopic (exact) mass is 598 g/mol. The molecule has 1 aliphatic heterocycles. The van der Waals surface area contributed by atoms with E-state index in [1.54, 1.807) is 26.8 Å². The highest BCUT2D eigenvalue weighted by atomic mass is 32.2. The maximum Gasteiger partial charge on any atom is 0.274 e. The molecule has 1 aromatic heterocycles. The summed E-state index contributed by atoms with van der Waals surface area (Å²) >= 11 is 0. The van der Waals surface area contributed by atoms with Crippen molar-refractivity contribution in [2.45, 2.75) is 38.5 Å². The third kappa shape index (κ3) is 6.20. The molecular formula is C25H35FN6O6S2. The molecule has 2 heterocycles. The second kappa shape index (κ2) is 11.7. The molecule has 2 aromatic rings. The van der Waals surface area contributed by atoms with Crippen molar-refractivity contribution in [1.82, 2.24) is 18.9 Å². The number of aromatic nitrogens is 1. The summed E-state index contributed by atoms with van der Waals surface area (Å²) in [7, 11) is -5.56. The number of methoxy groups -OCH3 is 1. The van der Waals surface area contributed by atoms with Crippen molar-refractivity contribution in [2.75, 3.05) is 38.3 Å². The van der Waals surface area contributed by atoms with Gasteiger partial charge in [0.25, 0.3) is 5.91 Å². The summed E-state index contributed by atoms with van der Waals surface area (Å²) in [6.07, 6.45) is 1.36. The Morgan fingerprint density at radius 3 is 2.55 bits per heavy atom. The van der Waals surface area contributed by atoms with Gasteiger partial charge in [0.15, 0.2) is 0 Å². The number of sulfonamides is 2. The number of hydrogen-bond donors (Lipinski definition) is 3. The lowest BCUT2D eigenvalue weighted by Gasteiger charge is -2.47. The van der Waals surface area contributed by atoms with E-state index in [1.165, 1.54) is 45.5 Å². The maximum atomic E-state index is 15.4. The zero-order valence-corrected chi connectivity index (χ0v) is 24.9. The first-order chi connectivity index (χ1) is 18.6. The van der Waals surface area contributed by atoms with Gasteiger partial charge in [-0.1, -0.05) is 20.8 Å². The summed E-state index contributed by atoms with van der Waals surface area (Å²) in [5, 5.41) is 12.1. The van der Waals surface area contributed by atoms with Crippen LogP contribution in [-0.4, -0.2) is 80.5 Å². The van der Waals surface area contributed by atoms with Gasteiger partial charge in [-0.25, -0.2) is 34.8 Å². The molecule has 1 saturated heterocycles. The van der Waals surface area contributed by atoms with Crippen LogP contribution in [0.15, 0.2) is 36.5 Å². The number of amides is 1. The van der Waals surface area contributed by atoms with Gasteiger partial charge in [-0.3, -0.25) is 10.2 Å². The van der Waals surface area contributed by atoms with Crippen molar-refractivity contribution in [2.24, 2.45) is 5.92 Å². The minimum absolute atomic E-state index is 0.00818. The van der Waals surface area contributed by atoms with Gasteiger partial charge >= 0.3 is 0 Å². The normalized spacial score (nSPS) is 20.9. The lowest BCUT2D eigenvalue weighted by Crippen LogP contribution is -2.68. The predicted octanol–water partition coefficient (Wildman–Crippen LogP) is 2.17. The Morgan fingerprint density at radius 2 is 2.00 bits per heavy atom. The number of halogens is 1. The molecule has 220 valence electrons. The Balaban J connectivity index is 2.07. The van der Waals surface area contributed by atoms with Crippen LogP contribution in [0, 0.1) is 17.1 Å². The summed E-state index contributed by atoms with van der Waals surface area (Å²) in [6.45, 7) is 5.97. The summed E-state index contributed by atoms with van der Waals surface area (Å²) < 4.78 is 75.7. The average Bonchev–Trinajstić information content (AvgIpc) is 2.87. The van der Waals surface area contributed by atoms with Crippen LogP contribution < -0.4 is 15.4 Å². The first-order valence-corrected chi connectivity index (χ1v) is 15.6. The predicted molar refractivity (Wildman–Crippen MR) is 150 cm³/mol. The van der Waals surface area contributed by atoms with E-state index in [4.69, 9.17) is 10.1 Å². The molecule has 2 atom stereocenters. The summed E-state index contributed by atoms with van der Waals surface area (Å²) in [6, 6.07) is 6.63. The van der Waals surface area contributed by atoms with Gasteiger partial charge in [-0.15, -0.1) is 0 Å². The molecule has 15 heteroatoms. The lowest BCUT2D eigenvalue weighted by molar-refractivity contribution is 0.102. The van der Waals surface area contributed by atoms with Crippen LogP contribution in [0.4, 0.5) is 10.1 Å². The van der Waals surface area contributed by atoms with E-state index >= 15 is 4.39 Å². The number of rotatable bonds is 10. The molecular weight excluding hydrogens is 563 g/mol. The third-order valence-corrected chi connectivity index (χ3v) is 11.3. The fourth-order valence-electron chi connectivity index (χ4n) is 4.52.